The van der Waals surface area contributed by atoms with Crippen LogP contribution in [0.5, 0.6) is 0 Å². The number of para-hydroxylation sites is 1. The standard InChI is InChI=1S/C17H24N2O3/c1-4-13-7-5-6-8-15(13)18-17(21)14-9-16(20)19(10-14)12(2)11-22-3/h5-8,12,14H,4,9-11H2,1-3H3,(H,18,21)/t12-,14+/m1/s1. The number of nitrogens with zero attached hydrogens (tertiary/aromatic N) is 1. The van der Waals surface area contributed by atoms with E-state index in [1.165, 1.54) is 0 Å². The van der Waals surface area contributed by atoms with Crippen LogP contribution in [0.4, 0.5) is 5.69 Å². The first-order valence-electron chi connectivity index (χ1n) is 7.74. The van der Waals surface area contributed by atoms with Crippen LogP contribution < -0.4 is 5.32 Å². The van der Waals surface area contributed by atoms with Crippen molar-refractivity contribution >= 4 is 17.5 Å². The number of methoxy groups -OCH3 is 1. The van der Waals surface area contributed by atoms with Crippen molar-refractivity contribution in [1.29, 1.82) is 0 Å². The van der Waals surface area contributed by atoms with Crippen molar-refractivity contribution in [2.24, 2.45) is 5.92 Å². The molecule has 1 fully saturated rings. The molecular formula is C17H24N2O3. The zero-order chi connectivity index (χ0) is 16.1. The number of anilines is 1. The number of carbonyl (C=O) groups excluding carboxylic acids is 2. The lowest BCUT2D eigenvalue weighted by atomic mass is 10.1. The number of amides is 2. The second-order valence-electron chi connectivity index (χ2n) is 5.75. The summed E-state index contributed by atoms with van der Waals surface area (Å²) in [6, 6.07) is 7.77. The highest BCUT2D eigenvalue weighted by atomic mass is 16.5. The summed E-state index contributed by atoms with van der Waals surface area (Å²) in [6.45, 7) is 4.94. The number of likely N-dealkylation sites (tertiary alicyclic amines) is 1. The maximum atomic E-state index is 12.4. The van der Waals surface area contributed by atoms with Gasteiger partial charge in [-0.1, -0.05) is 25.1 Å². The number of hydrogen-bond acceptors (Lipinski definition) is 3. The van der Waals surface area contributed by atoms with E-state index < -0.39 is 0 Å². The Balaban J connectivity index is 2.01. The Bertz CT molecular complexity index is 544. The van der Waals surface area contributed by atoms with E-state index in [9.17, 15) is 9.59 Å². The number of rotatable bonds is 6. The van der Waals surface area contributed by atoms with Crippen molar-refractivity contribution in [3.8, 4) is 0 Å². The number of ether oxygens (including phenoxy) is 1. The van der Waals surface area contributed by atoms with Gasteiger partial charge in [0.15, 0.2) is 0 Å². The number of carbonyl (C=O) groups is 2. The molecule has 2 rings (SSSR count). The average Bonchev–Trinajstić information content (AvgIpc) is 2.90. The molecule has 0 aromatic heterocycles. The summed E-state index contributed by atoms with van der Waals surface area (Å²) in [5.74, 6) is -0.355. The van der Waals surface area contributed by atoms with Crippen molar-refractivity contribution < 1.29 is 14.3 Å². The van der Waals surface area contributed by atoms with Crippen LogP contribution in [-0.4, -0.2) is 43.0 Å². The molecule has 1 saturated heterocycles. The van der Waals surface area contributed by atoms with Crippen LogP contribution in [-0.2, 0) is 20.7 Å². The Morgan fingerprint density at radius 3 is 2.86 bits per heavy atom. The fourth-order valence-electron chi connectivity index (χ4n) is 2.85. The molecule has 1 N–H and O–H groups in total. The smallest absolute Gasteiger partial charge is 0.229 e. The highest BCUT2D eigenvalue weighted by Crippen LogP contribution is 2.23. The van der Waals surface area contributed by atoms with E-state index in [1.54, 1.807) is 12.0 Å². The van der Waals surface area contributed by atoms with Gasteiger partial charge < -0.3 is 15.0 Å². The third kappa shape index (κ3) is 3.65. The van der Waals surface area contributed by atoms with E-state index in [2.05, 4.69) is 12.2 Å². The van der Waals surface area contributed by atoms with Gasteiger partial charge in [-0.3, -0.25) is 9.59 Å². The van der Waals surface area contributed by atoms with E-state index in [0.717, 1.165) is 17.7 Å². The second-order valence-corrected chi connectivity index (χ2v) is 5.75. The van der Waals surface area contributed by atoms with Crippen molar-refractivity contribution in [2.45, 2.75) is 32.7 Å². The predicted molar refractivity (Wildman–Crippen MR) is 85.6 cm³/mol. The molecule has 1 aliphatic heterocycles. The Labute approximate surface area is 131 Å². The normalized spacial score (nSPS) is 19.3. The van der Waals surface area contributed by atoms with Crippen LogP contribution in [0.25, 0.3) is 0 Å². The monoisotopic (exact) mass is 304 g/mol. The van der Waals surface area contributed by atoms with Crippen molar-refractivity contribution in [3.63, 3.8) is 0 Å². The molecule has 2 amide bonds. The summed E-state index contributed by atoms with van der Waals surface area (Å²) < 4.78 is 5.09. The molecule has 5 nitrogen and oxygen atoms in total. The number of nitrogens with one attached hydrogen (secondary N) is 1. The Morgan fingerprint density at radius 1 is 1.45 bits per heavy atom. The van der Waals surface area contributed by atoms with Crippen LogP contribution in [0.3, 0.4) is 0 Å². The van der Waals surface area contributed by atoms with Gasteiger partial charge >= 0.3 is 0 Å². The van der Waals surface area contributed by atoms with Crippen LogP contribution >= 0.6 is 0 Å². The largest absolute Gasteiger partial charge is 0.383 e. The molecule has 22 heavy (non-hydrogen) atoms. The summed E-state index contributed by atoms with van der Waals surface area (Å²) in [7, 11) is 1.61. The summed E-state index contributed by atoms with van der Waals surface area (Å²) in [4.78, 5) is 26.2. The van der Waals surface area contributed by atoms with Crippen molar-refractivity contribution in [2.75, 3.05) is 25.6 Å². The highest BCUT2D eigenvalue weighted by molar-refractivity contribution is 5.97. The fourth-order valence-corrected chi connectivity index (χ4v) is 2.85. The maximum Gasteiger partial charge on any atom is 0.229 e. The molecular weight excluding hydrogens is 280 g/mol. The minimum atomic E-state index is -0.295. The summed E-state index contributed by atoms with van der Waals surface area (Å²) >= 11 is 0. The van der Waals surface area contributed by atoms with Gasteiger partial charge in [-0.15, -0.1) is 0 Å². The molecule has 0 spiro atoms. The number of aryl methyl sites for hydroxylation is 1. The average molecular weight is 304 g/mol. The lowest BCUT2D eigenvalue weighted by molar-refractivity contribution is -0.130. The molecule has 0 radical (unpaired) electrons. The van der Waals surface area contributed by atoms with Crippen molar-refractivity contribution in [1.82, 2.24) is 4.90 Å². The summed E-state index contributed by atoms with van der Waals surface area (Å²) in [6.07, 6.45) is 1.13. The molecule has 1 aromatic rings. The lowest BCUT2D eigenvalue weighted by Gasteiger charge is -2.24. The molecule has 0 bridgehead atoms. The Morgan fingerprint density at radius 2 is 2.18 bits per heavy atom. The molecule has 2 atom stereocenters. The number of benzene rings is 1. The zero-order valence-electron chi connectivity index (χ0n) is 13.5. The number of hydrogen-bond donors (Lipinski definition) is 1. The Hall–Kier alpha value is -1.88. The summed E-state index contributed by atoms with van der Waals surface area (Å²) in [5.41, 5.74) is 1.94. The Kier molecular flexibility index (Phi) is 5.55. The van der Waals surface area contributed by atoms with Gasteiger partial charge in [0.05, 0.1) is 18.6 Å². The minimum absolute atomic E-state index is 0.00164. The minimum Gasteiger partial charge on any atom is -0.383 e. The third-order valence-corrected chi connectivity index (χ3v) is 4.13. The van der Waals surface area contributed by atoms with E-state index >= 15 is 0 Å². The molecule has 0 aliphatic carbocycles. The molecule has 1 aliphatic rings. The molecule has 5 heteroatoms. The van der Waals surface area contributed by atoms with Crippen LogP contribution in [0.15, 0.2) is 24.3 Å². The van der Waals surface area contributed by atoms with Gasteiger partial charge in [0.2, 0.25) is 11.8 Å². The quantitative estimate of drug-likeness (QED) is 0.875. The SMILES string of the molecule is CCc1ccccc1NC(=O)[C@H]1CC(=O)N([C@H](C)COC)C1. The van der Waals surface area contributed by atoms with Gasteiger partial charge in [0, 0.05) is 25.8 Å². The maximum absolute atomic E-state index is 12.4. The van der Waals surface area contributed by atoms with Gasteiger partial charge in [-0.25, -0.2) is 0 Å². The topological polar surface area (TPSA) is 58.6 Å². The highest BCUT2D eigenvalue weighted by Gasteiger charge is 2.36. The first-order chi connectivity index (χ1) is 10.6. The van der Waals surface area contributed by atoms with Crippen molar-refractivity contribution in [3.05, 3.63) is 29.8 Å². The van der Waals surface area contributed by atoms with Gasteiger partial charge in [0.1, 0.15) is 0 Å². The second kappa shape index (κ2) is 7.40. The van der Waals surface area contributed by atoms with E-state index in [4.69, 9.17) is 4.74 Å². The first-order valence-corrected chi connectivity index (χ1v) is 7.74. The molecule has 0 unspecified atom stereocenters. The molecule has 0 saturated carbocycles. The van der Waals surface area contributed by atoms with Gasteiger partial charge in [-0.2, -0.15) is 0 Å². The van der Waals surface area contributed by atoms with E-state index in [1.807, 2.05) is 31.2 Å². The molecule has 1 aromatic carbocycles. The van der Waals surface area contributed by atoms with Gasteiger partial charge in [-0.05, 0) is 25.0 Å². The predicted octanol–water partition coefficient (Wildman–Crippen LogP) is 2.07. The van der Waals surface area contributed by atoms with E-state index in [0.29, 0.717) is 13.2 Å². The lowest BCUT2D eigenvalue weighted by Crippen LogP contribution is -2.38. The fraction of sp³-hybridized carbons (Fsp3) is 0.529. The zero-order valence-corrected chi connectivity index (χ0v) is 13.5. The first kappa shape index (κ1) is 16.5. The molecule has 120 valence electrons. The van der Waals surface area contributed by atoms with Crippen LogP contribution in [0.1, 0.15) is 25.8 Å². The van der Waals surface area contributed by atoms with E-state index in [-0.39, 0.29) is 30.2 Å². The van der Waals surface area contributed by atoms with Crippen LogP contribution in [0, 0.1) is 5.92 Å². The van der Waals surface area contributed by atoms with Crippen LogP contribution in [0.2, 0.25) is 0 Å². The summed E-state index contributed by atoms with van der Waals surface area (Å²) in [5, 5.41) is 2.97. The van der Waals surface area contributed by atoms with Gasteiger partial charge in [0.25, 0.3) is 0 Å². The third-order valence-electron chi connectivity index (χ3n) is 4.13. The molecule has 1 heterocycles.